The molecule has 4 heteroatoms. The summed E-state index contributed by atoms with van der Waals surface area (Å²) < 4.78 is 10.9. The van der Waals surface area contributed by atoms with Crippen molar-refractivity contribution >= 4 is 17.3 Å². The van der Waals surface area contributed by atoms with E-state index in [-0.39, 0.29) is 0 Å². The van der Waals surface area contributed by atoms with Crippen LogP contribution in [0.4, 0.5) is 5.69 Å². The van der Waals surface area contributed by atoms with Crippen molar-refractivity contribution in [2.75, 3.05) is 18.9 Å². The Labute approximate surface area is 95.1 Å². The van der Waals surface area contributed by atoms with Crippen molar-refractivity contribution in [3.05, 3.63) is 16.7 Å². The summed E-state index contributed by atoms with van der Waals surface area (Å²) >= 11 is 6.01. The molecule has 3 nitrogen and oxygen atoms in total. The number of hydrogen-bond donors (Lipinski definition) is 1. The lowest BCUT2D eigenvalue weighted by Crippen LogP contribution is -2.03. The van der Waals surface area contributed by atoms with E-state index in [0.717, 1.165) is 5.56 Å². The number of halogens is 1. The number of ether oxygens (including phenoxy) is 2. The van der Waals surface area contributed by atoms with Gasteiger partial charge in [-0.15, -0.1) is 0 Å². The topological polar surface area (TPSA) is 44.5 Å². The second kappa shape index (κ2) is 5.12. The molecular formula is C11H16ClNO2. The lowest BCUT2D eigenvalue weighted by Gasteiger charge is -2.15. The summed E-state index contributed by atoms with van der Waals surface area (Å²) in [6, 6.07) is 1.74. The van der Waals surface area contributed by atoms with Gasteiger partial charge in [-0.05, 0) is 26.3 Å². The fourth-order valence-corrected chi connectivity index (χ4v) is 1.48. The van der Waals surface area contributed by atoms with Crippen molar-refractivity contribution in [1.82, 2.24) is 0 Å². The standard InChI is InChI=1S/C11H16ClNO2/c1-4-14-9-6-8(12)7(3)10(13)11(9)15-5-2/h6H,4-5,13H2,1-3H3. The second-order valence-corrected chi connectivity index (χ2v) is 3.50. The first-order valence-electron chi connectivity index (χ1n) is 4.95. The van der Waals surface area contributed by atoms with Crippen molar-refractivity contribution in [2.24, 2.45) is 0 Å². The highest BCUT2D eigenvalue weighted by Crippen LogP contribution is 2.40. The van der Waals surface area contributed by atoms with Crippen LogP contribution in [0, 0.1) is 6.92 Å². The summed E-state index contributed by atoms with van der Waals surface area (Å²) in [5.74, 6) is 1.19. The van der Waals surface area contributed by atoms with Crippen LogP contribution < -0.4 is 15.2 Å². The van der Waals surface area contributed by atoms with Crippen LogP contribution in [0.25, 0.3) is 0 Å². The van der Waals surface area contributed by atoms with Crippen molar-refractivity contribution in [3.8, 4) is 11.5 Å². The average Bonchev–Trinajstić information content (AvgIpc) is 2.21. The van der Waals surface area contributed by atoms with Gasteiger partial charge in [0.1, 0.15) is 0 Å². The third kappa shape index (κ3) is 2.48. The number of nitrogen functional groups attached to an aromatic ring is 1. The molecule has 2 N–H and O–H groups in total. The van der Waals surface area contributed by atoms with E-state index >= 15 is 0 Å². The molecule has 0 heterocycles. The van der Waals surface area contributed by atoms with Crippen molar-refractivity contribution < 1.29 is 9.47 Å². The van der Waals surface area contributed by atoms with E-state index in [0.29, 0.717) is 35.4 Å². The van der Waals surface area contributed by atoms with Crippen LogP contribution in [0.1, 0.15) is 19.4 Å². The highest BCUT2D eigenvalue weighted by Gasteiger charge is 2.14. The third-order valence-corrected chi connectivity index (χ3v) is 2.47. The van der Waals surface area contributed by atoms with Gasteiger partial charge in [0.15, 0.2) is 11.5 Å². The van der Waals surface area contributed by atoms with Gasteiger partial charge in [0.05, 0.1) is 18.9 Å². The number of benzene rings is 1. The quantitative estimate of drug-likeness (QED) is 0.808. The van der Waals surface area contributed by atoms with E-state index in [9.17, 15) is 0 Å². The van der Waals surface area contributed by atoms with Crippen molar-refractivity contribution in [1.29, 1.82) is 0 Å². The zero-order chi connectivity index (χ0) is 11.4. The van der Waals surface area contributed by atoms with Gasteiger partial charge in [-0.3, -0.25) is 0 Å². The van der Waals surface area contributed by atoms with Crippen LogP contribution in [0.15, 0.2) is 6.07 Å². The molecule has 1 aromatic rings. The molecule has 0 aliphatic heterocycles. The van der Waals surface area contributed by atoms with Gasteiger partial charge in [0.25, 0.3) is 0 Å². The smallest absolute Gasteiger partial charge is 0.184 e. The van der Waals surface area contributed by atoms with Crippen molar-refractivity contribution in [2.45, 2.75) is 20.8 Å². The molecule has 0 atom stereocenters. The van der Waals surface area contributed by atoms with Crippen molar-refractivity contribution in [3.63, 3.8) is 0 Å². The summed E-state index contributed by atoms with van der Waals surface area (Å²) in [4.78, 5) is 0. The van der Waals surface area contributed by atoms with E-state index in [1.165, 1.54) is 0 Å². The van der Waals surface area contributed by atoms with Gasteiger partial charge in [-0.1, -0.05) is 11.6 Å². The summed E-state index contributed by atoms with van der Waals surface area (Å²) in [5.41, 5.74) is 7.28. The Hall–Kier alpha value is -1.09. The highest BCUT2D eigenvalue weighted by atomic mass is 35.5. The molecule has 0 bridgehead atoms. The zero-order valence-corrected chi connectivity index (χ0v) is 10.0. The molecule has 0 aromatic heterocycles. The fraction of sp³-hybridized carbons (Fsp3) is 0.455. The van der Waals surface area contributed by atoms with Crippen LogP contribution >= 0.6 is 11.6 Å². The maximum atomic E-state index is 6.01. The van der Waals surface area contributed by atoms with E-state index in [1.54, 1.807) is 6.07 Å². The molecule has 84 valence electrons. The Balaban J connectivity index is 3.23. The first-order valence-corrected chi connectivity index (χ1v) is 5.33. The summed E-state index contributed by atoms with van der Waals surface area (Å²) in [6.07, 6.45) is 0. The normalized spacial score (nSPS) is 10.1. The molecule has 1 aromatic carbocycles. The fourth-order valence-electron chi connectivity index (χ4n) is 1.28. The number of hydrogen-bond acceptors (Lipinski definition) is 3. The maximum Gasteiger partial charge on any atom is 0.184 e. The Morgan fingerprint density at radius 1 is 1.27 bits per heavy atom. The zero-order valence-electron chi connectivity index (χ0n) is 9.26. The lowest BCUT2D eigenvalue weighted by atomic mass is 10.1. The molecule has 0 saturated heterocycles. The summed E-state index contributed by atoms with van der Waals surface area (Å²) in [6.45, 7) is 6.76. The van der Waals surface area contributed by atoms with E-state index in [1.807, 2.05) is 20.8 Å². The molecule has 15 heavy (non-hydrogen) atoms. The predicted octanol–water partition coefficient (Wildman–Crippen LogP) is 3.03. The second-order valence-electron chi connectivity index (χ2n) is 3.09. The molecule has 0 unspecified atom stereocenters. The summed E-state index contributed by atoms with van der Waals surface area (Å²) in [5, 5.41) is 0.597. The lowest BCUT2D eigenvalue weighted by molar-refractivity contribution is 0.289. The van der Waals surface area contributed by atoms with Gasteiger partial charge < -0.3 is 15.2 Å². The minimum absolute atomic E-state index is 0.547. The van der Waals surface area contributed by atoms with E-state index in [4.69, 9.17) is 26.8 Å². The Morgan fingerprint density at radius 2 is 1.87 bits per heavy atom. The van der Waals surface area contributed by atoms with Gasteiger partial charge in [-0.25, -0.2) is 0 Å². The van der Waals surface area contributed by atoms with Crippen LogP contribution in [-0.2, 0) is 0 Å². The van der Waals surface area contributed by atoms with Crippen LogP contribution in [0.2, 0.25) is 5.02 Å². The molecule has 0 amide bonds. The number of rotatable bonds is 4. The minimum atomic E-state index is 0.547. The SMILES string of the molecule is CCOc1cc(Cl)c(C)c(N)c1OCC. The van der Waals surface area contributed by atoms with Crippen LogP contribution in [0.5, 0.6) is 11.5 Å². The van der Waals surface area contributed by atoms with Crippen LogP contribution in [-0.4, -0.2) is 13.2 Å². The molecular weight excluding hydrogens is 214 g/mol. The first kappa shape index (κ1) is 12.0. The average molecular weight is 230 g/mol. The molecule has 0 aliphatic rings. The predicted molar refractivity (Wildman–Crippen MR) is 62.9 cm³/mol. The van der Waals surface area contributed by atoms with E-state index in [2.05, 4.69) is 0 Å². The maximum absolute atomic E-state index is 6.01. The minimum Gasteiger partial charge on any atom is -0.490 e. The Morgan fingerprint density at radius 3 is 2.40 bits per heavy atom. The molecule has 0 saturated carbocycles. The Bertz CT molecular complexity index is 353. The third-order valence-electron chi connectivity index (χ3n) is 2.08. The molecule has 0 aliphatic carbocycles. The molecule has 0 radical (unpaired) electrons. The highest BCUT2D eigenvalue weighted by molar-refractivity contribution is 6.32. The largest absolute Gasteiger partial charge is 0.490 e. The summed E-state index contributed by atoms with van der Waals surface area (Å²) in [7, 11) is 0. The number of nitrogens with two attached hydrogens (primary N) is 1. The molecule has 1 rings (SSSR count). The Kier molecular flexibility index (Phi) is 4.09. The number of anilines is 1. The monoisotopic (exact) mass is 229 g/mol. The molecule has 0 spiro atoms. The van der Waals surface area contributed by atoms with Gasteiger partial charge in [0, 0.05) is 11.1 Å². The molecule has 0 fully saturated rings. The van der Waals surface area contributed by atoms with Crippen LogP contribution in [0.3, 0.4) is 0 Å². The van der Waals surface area contributed by atoms with Gasteiger partial charge >= 0.3 is 0 Å². The van der Waals surface area contributed by atoms with Gasteiger partial charge in [0.2, 0.25) is 0 Å². The van der Waals surface area contributed by atoms with Gasteiger partial charge in [-0.2, -0.15) is 0 Å². The first-order chi connectivity index (χ1) is 7.11. The van der Waals surface area contributed by atoms with E-state index < -0.39 is 0 Å².